The summed E-state index contributed by atoms with van der Waals surface area (Å²) in [6, 6.07) is 2.14. The first-order valence-corrected chi connectivity index (χ1v) is 8.83. The first-order valence-electron chi connectivity index (χ1n) is 8.83. The van der Waals surface area contributed by atoms with Crippen LogP contribution >= 0.6 is 0 Å². The van der Waals surface area contributed by atoms with Crippen molar-refractivity contribution >= 4 is 5.91 Å². The maximum absolute atomic E-state index is 12.9. The van der Waals surface area contributed by atoms with Gasteiger partial charge in [-0.3, -0.25) is 9.48 Å². The van der Waals surface area contributed by atoms with E-state index in [0.717, 1.165) is 30.9 Å². The number of hydrogen-bond donors (Lipinski definition) is 1. The van der Waals surface area contributed by atoms with Gasteiger partial charge in [-0.05, 0) is 46.1 Å². The summed E-state index contributed by atoms with van der Waals surface area (Å²) in [5.74, 6) is 1.64. The fraction of sp³-hybridized carbons (Fsp3) is 0.611. The molecular weight excluding hydrogens is 302 g/mol. The van der Waals surface area contributed by atoms with Gasteiger partial charge in [0.15, 0.2) is 0 Å². The minimum Gasteiger partial charge on any atom is -0.346 e. The number of carbonyl (C=O) groups excluding carboxylic acids is 1. The lowest BCUT2D eigenvalue weighted by Gasteiger charge is -2.26. The predicted molar refractivity (Wildman–Crippen MR) is 91.0 cm³/mol. The van der Waals surface area contributed by atoms with E-state index in [2.05, 4.69) is 35.6 Å². The number of aryl methyl sites for hydroxylation is 1. The van der Waals surface area contributed by atoms with E-state index in [0.29, 0.717) is 11.6 Å². The van der Waals surface area contributed by atoms with Crippen molar-refractivity contribution in [3.8, 4) is 0 Å². The lowest BCUT2D eigenvalue weighted by Crippen LogP contribution is -2.42. The number of nitrogens with zero attached hydrogens (tertiary/aromatic N) is 4. The van der Waals surface area contributed by atoms with Gasteiger partial charge in [-0.1, -0.05) is 0 Å². The standard InChI is InChI=1S/C18H25N5O/c1-18(2,3)23-15(10-14(21-23)12-4-5-12)17(24)20-13-6-7-16-19-8-9-22(16)11-13/h8-10,12-13H,4-7,11H2,1-3H3,(H,20,24). The highest BCUT2D eigenvalue weighted by Gasteiger charge is 2.32. The largest absolute Gasteiger partial charge is 0.346 e. The van der Waals surface area contributed by atoms with E-state index in [4.69, 9.17) is 5.10 Å². The van der Waals surface area contributed by atoms with E-state index >= 15 is 0 Å². The van der Waals surface area contributed by atoms with Crippen LogP contribution in [0.4, 0.5) is 0 Å². The normalized spacial score (nSPS) is 20.7. The molecule has 1 N–H and O–H groups in total. The second kappa shape index (κ2) is 5.46. The fourth-order valence-electron chi connectivity index (χ4n) is 3.39. The number of nitrogens with one attached hydrogen (secondary N) is 1. The second-order valence-corrected chi connectivity index (χ2v) is 8.02. The Hall–Kier alpha value is -2.11. The smallest absolute Gasteiger partial charge is 0.269 e. The Morgan fingerprint density at radius 3 is 2.79 bits per heavy atom. The Morgan fingerprint density at radius 2 is 2.08 bits per heavy atom. The number of aromatic nitrogens is 4. The molecule has 1 aliphatic heterocycles. The third kappa shape index (κ3) is 2.85. The van der Waals surface area contributed by atoms with Gasteiger partial charge in [0.05, 0.1) is 11.2 Å². The van der Waals surface area contributed by atoms with Crippen molar-refractivity contribution in [2.75, 3.05) is 0 Å². The monoisotopic (exact) mass is 327 g/mol. The van der Waals surface area contributed by atoms with Crippen LogP contribution in [0.25, 0.3) is 0 Å². The molecule has 2 aromatic heterocycles. The van der Waals surface area contributed by atoms with Crippen LogP contribution in [0.5, 0.6) is 0 Å². The summed E-state index contributed by atoms with van der Waals surface area (Å²) in [4.78, 5) is 17.2. The quantitative estimate of drug-likeness (QED) is 0.942. The molecule has 24 heavy (non-hydrogen) atoms. The molecule has 1 amide bonds. The van der Waals surface area contributed by atoms with Crippen molar-refractivity contribution in [2.24, 2.45) is 0 Å². The highest BCUT2D eigenvalue weighted by molar-refractivity contribution is 5.93. The number of hydrogen-bond acceptors (Lipinski definition) is 3. The summed E-state index contributed by atoms with van der Waals surface area (Å²) in [6.07, 6.45) is 8.03. The molecule has 2 aromatic rings. The molecule has 6 nitrogen and oxygen atoms in total. The molecule has 3 heterocycles. The van der Waals surface area contributed by atoms with E-state index in [1.165, 1.54) is 12.8 Å². The molecule has 1 saturated carbocycles. The van der Waals surface area contributed by atoms with Gasteiger partial charge >= 0.3 is 0 Å². The Bertz CT molecular complexity index is 763. The van der Waals surface area contributed by atoms with Gasteiger partial charge < -0.3 is 9.88 Å². The third-order valence-electron chi connectivity index (χ3n) is 4.86. The van der Waals surface area contributed by atoms with Gasteiger partial charge in [-0.2, -0.15) is 5.10 Å². The van der Waals surface area contributed by atoms with Crippen molar-refractivity contribution in [2.45, 2.75) is 70.5 Å². The zero-order chi connectivity index (χ0) is 16.9. The predicted octanol–water partition coefficient (Wildman–Crippen LogP) is 2.46. The molecule has 1 unspecified atom stereocenters. The van der Waals surface area contributed by atoms with Crippen molar-refractivity contribution in [1.82, 2.24) is 24.6 Å². The Labute approximate surface area is 142 Å². The molecule has 1 atom stereocenters. The first kappa shape index (κ1) is 15.4. The topological polar surface area (TPSA) is 64.7 Å². The van der Waals surface area contributed by atoms with Crippen molar-refractivity contribution < 1.29 is 4.79 Å². The van der Waals surface area contributed by atoms with Crippen LogP contribution in [0.2, 0.25) is 0 Å². The Morgan fingerprint density at radius 1 is 1.29 bits per heavy atom. The zero-order valence-corrected chi connectivity index (χ0v) is 14.6. The molecule has 1 fully saturated rings. The Balaban J connectivity index is 1.54. The van der Waals surface area contributed by atoms with Crippen LogP contribution in [0.1, 0.15) is 68.0 Å². The van der Waals surface area contributed by atoms with Crippen LogP contribution in [0, 0.1) is 0 Å². The summed E-state index contributed by atoms with van der Waals surface area (Å²) < 4.78 is 4.02. The van der Waals surface area contributed by atoms with Crippen LogP contribution in [0.15, 0.2) is 18.5 Å². The molecule has 0 aromatic carbocycles. The maximum Gasteiger partial charge on any atom is 0.269 e. The van der Waals surface area contributed by atoms with Crippen LogP contribution in [-0.4, -0.2) is 31.3 Å². The highest BCUT2D eigenvalue weighted by Crippen LogP contribution is 2.40. The van der Waals surface area contributed by atoms with Gasteiger partial charge in [0.2, 0.25) is 0 Å². The number of imidazole rings is 1. The molecule has 6 heteroatoms. The molecular formula is C18H25N5O. The average molecular weight is 327 g/mol. The molecule has 0 radical (unpaired) electrons. The number of amides is 1. The number of fused-ring (bicyclic) bond motifs is 1. The van der Waals surface area contributed by atoms with Gasteiger partial charge in [0, 0.05) is 37.3 Å². The van der Waals surface area contributed by atoms with Gasteiger partial charge in [0.25, 0.3) is 5.91 Å². The molecule has 0 bridgehead atoms. The van der Waals surface area contributed by atoms with E-state index in [1.807, 2.05) is 23.1 Å². The van der Waals surface area contributed by atoms with E-state index in [-0.39, 0.29) is 17.5 Å². The summed E-state index contributed by atoms with van der Waals surface area (Å²) in [6.45, 7) is 7.06. The molecule has 4 rings (SSSR count). The summed E-state index contributed by atoms with van der Waals surface area (Å²) in [5.41, 5.74) is 1.54. The van der Waals surface area contributed by atoms with E-state index < -0.39 is 0 Å². The van der Waals surface area contributed by atoms with Crippen LogP contribution in [-0.2, 0) is 18.5 Å². The zero-order valence-electron chi connectivity index (χ0n) is 14.6. The number of carbonyl (C=O) groups is 1. The fourth-order valence-corrected chi connectivity index (χ4v) is 3.39. The van der Waals surface area contributed by atoms with Gasteiger partial charge in [-0.25, -0.2) is 4.98 Å². The average Bonchev–Trinajstić information content (AvgIpc) is 3.09. The van der Waals surface area contributed by atoms with Gasteiger partial charge in [-0.15, -0.1) is 0 Å². The van der Waals surface area contributed by atoms with Crippen molar-refractivity contribution in [3.05, 3.63) is 35.7 Å². The van der Waals surface area contributed by atoms with Crippen LogP contribution < -0.4 is 5.32 Å². The van der Waals surface area contributed by atoms with Crippen molar-refractivity contribution in [3.63, 3.8) is 0 Å². The molecule has 128 valence electrons. The maximum atomic E-state index is 12.9. The first-order chi connectivity index (χ1) is 11.4. The summed E-state index contributed by atoms with van der Waals surface area (Å²) in [5, 5.41) is 7.93. The Kier molecular flexibility index (Phi) is 3.51. The number of rotatable bonds is 3. The van der Waals surface area contributed by atoms with E-state index in [9.17, 15) is 4.79 Å². The lowest BCUT2D eigenvalue weighted by molar-refractivity contribution is 0.0909. The van der Waals surface area contributed by atoms with E-state index in [1.54, 1.807) is 0 Å². The summed E-state index contributed by atoms with van der Waals surface area (Å²) in [7, 11) is 0. The molecule has 1 aliphatic carbocycles. The molecule has 0 spiro atoms. The van der Waals surface area contributed by atoms with Gasteiger partial charge in [0.1, 0.15) is 11.5 Å². The highest BCUT2D eigenvalue weighted by atomic mass is 16.2. The lowest BCUT2D eigenvalue weighted by atomic mass is 10.1. The SMILES string of the molecule is CC(C)(C)n1nc(C2CC2)cc1C(=O)NC1CCc2nccn2C1. The molecule has 2 aliphatic rings. The summed E-state index contributed by atoms with van der Waals surface area (Å²) >= 11 is 0. The minimum atomic E-state index is -0.204. The second-order valence-electron chi connectivity index (χ2n) is 8.02. The van der Waals surface area contributed by atoms with Crippen LogP contribution in [0.3, 0.4) is 0 Å². The molecule has 0 saturated heterocycles. The van der Waals surface area contributed by atoms with Crippen molar-refractivity contribution in [1.29, 1.82) is 0 Å². The third-order valence-corrected chi connectivity index (χ3v) is 4.86. The minimum absolute atomic E-state index is 0.0158.